The zero-order chi connectivity index (χ0) is 15.0. The molecule has 0 radical (unpaired) electrons. The van der Waals surface area contributed by atoms with Crippen LogP contribution in [0.2, 0.25) is 10.0 Å². The fraction of sp³-hybridized carbons (Fsp3) is 0.267. The minimum absolute atomic E-state index is 0.407. The standard InChI is InChI=1S/C15H16Cl2N4/c1-9-6-10-4-2-3-5-13(10)21(8-9)15-12(17)7-11(16)14(19-15)20-18/h2-5,7,9H,6,8,18H2,1H3,(H,19,20). The van der Waals surface area contributed by atoms with Crippen LogP contribution in [0.25, 0.3) is 0 Å². The van der Waals surface area contributed by atoms with Crippen LogP contribution in [0.1, 0.15) is 12.5 Å². The van der Waals surface area contributed by atoms with Gasteiger partial charge < -0.3 is 10.3 Å². The van der Waals surface area contributed by atoms with Gasteiger partial charge in [0.2, 0.25) is 0 Å². The third kappa shape index (κ3) is 2.67. The van der Waals surface area contributed by atoms with Gasteiger partial charge in [-0.25, -0.2) is 10.8 Å². The summed E-state index contributed by atoms with van der Waals surface area (Å²) in [5.41, 5.74) is 4.94. The maximum atomic E-state index is 6.35. The molecule has 0 fully saturated rings. The van der Waals surface area contributed by atoms with Crippen molar-refractivity contribution in [3.8, 4) is 0 Å². The molecule has 1 unspecified atom stereocenters. The first-order chi connectivity index (χ1) is 10.1. The second-order valence-corrected chi connectivity index (χ2v) is 6.13. The van der Waals surface area contributed by atoms with Gasteiger partial charge in [-0.15, -0.1) is 0 Å². The van der Waals surface area contributed by atoms with Crippen LogP contribution in [-0.2, 0) is 6.42 Å². The van der Waals surface area contributed by atoms with Gasteiger partial charge in [0.1, 0.15) is 0 Å². The fourth-order valence-corrected chi connectivity index (χ4v) is 3.26. The summed E-state index contributed by atoms with van der Waals surface area (Å²) in [6.45, 7) is 3.07. The minimum Gasteiger partial charge on any atom is -0.325 e. The summed E-state index contributed by atoms with van der Waals surface area (Å²) in [4.78, 5) is 6.60. The Balaban J connectivity index is 2.12. The smallest absolute Gasteiger partial charge is 0.161 e. The summed E-state index contributed by atoms with van der Waals surface area (Å²) in [5.74, 6) is 7.08. The maximum absolute atomic E-state index is 6.35. The molecule has 1 aliphatic heterocycles. The Kier molecular flexibility index (Phi) is 3.93. The van der Waals surface area contributed by atoms with E-state index in [1.165, 1.54) is 5.56 Å². The van der Waals surface area contributed by atoms with Crippen molar-refractivity contribution in [2.45, 2.75) is 13.3 Å². The number of pyridine rings is 1. The van der Waals surface area contributed by atoms with Crippen molar-refractivity contribution < 1.29 is 0 Å². The summed E-state index contributed by atoms with van der Waals surface area (Å²) in [6, 6.07) is 9.97. The lowest BCUT2D eigenvalue weighted by atomic mass is 9.94. The number of hydrogen-bond acceptors (Lipinski definition) is 4. The molecule has 2 aromatic rings. The van der Waals surface area contributed by atoms with E-state index < -0.39 is 0 Å². The number of nitrogens with one attached hydrogen (secondary N) is 1. The molecule has 1 aromatic heterocycles. The Bertz CT molecular complexity index is 675. The van der Waals surface area contributed by atoms with Crippen molar-refractivity contribution in [2.24, 2.45) is 11.8 Å². The summed E-state index contributed by atoms with van der Waals surface area (Å²) < 4.78 is 0. The average Bonchev–Trinajstić information content (AvgIpc) is 2.46. The van der Waals surface area contributed by atoms with Crippen LogP contribution in [0, 0.1) is 5.92 Å². The summed E-state index contributed by atoms with van der Waals surface area (Å²) in [5, 5.41) is 0.924. The predicted molar refractivity (Wildman–Crippen MR) is 88.4 cm³/mol. The average molecular weight is 323 g/mol. The van der Waals surface area contributed by atoms with E-state index in [0.717, 1.165) is 18.7 Å². The lowest BCUT2D eigenvalue weighted by Gasteiger charge is -2.34. The van der Waals surface area contributed by atoms with Gasteiger partial charge in [-0.1, -0.05) is 48.3 Å². The van der Waals surface area contributed by atoms with Gasteiger partial charge in [-0.2, -0.15) is 0 Å². The summed E-state index contributed by atoms with van der Waals surface area (Å²) in [6.07, 6.45) is 1.06. The molecule has 0 saturated carbocycles. The number of nitrogen functional groups attached to an aromatic ring is 1. The number of anilines is 3. The maximum Gasteiger partial charge on any atom is 0.161 e. The first-order valence-electron chi connectivity index (χ1n) is 6.78. The summed E-state index contributed by atoms with van der Waals surface area (Å²) >= 11 is 12.4. The van der Waals surface area contributed by atoms with Gasteiger partial charge in [-0.05, 0) is 30.0 Å². The molecule has 6 heteroatoms. The van der Waals surface area contributed by atoms with Crippen LogP contribution in [0.15, 0.2) is 30.3 Å². The lowest BCUT2D eigenvalue weighted by molar-refractivity contribution is 0.560. The molecular weight excluding hydrogens is 307 g/mol. The predicted octanol–water partition coefficient (Wildman–Crippen LogP) is 4.00. The number of benzene rings is 1. The number of halogens is 2. The van der Waals surface area contributed by atoms with Crippen molar-refractivity contribution in [2.75, 3.05) is 16.9 Å². The second kappa shape index (κ2) is 5.72. The molecule has 3 N–H and O–H groups in total. The molecule has 1 atom stereocenters. The Hall–Kier alpha value is -1.49. The highest BCUT2D eigenvalue weighted by Gasteiger charge is 2.25. The van der Waals surface area contributed by atoms with Gasteiger partial charge >= 0.3 is 0 Å². The highest BCUT2D eigenvalue weighted by molar-refractivity contribution is 6.37. The molecule has 4 nitrogen and oxygen atoms in total. The van der Waals surface area contributed by atoms with Crippen LogP contribution in [-0.4, -0.2) is 11.5 Å². The number of aromatic nitrogens is 1. The van der Waals surface area contributed by atoms with Crippen LogP contribution in [0.3, 0.4) is 0 Å². The van der Waals surface area contributed by atoms with E-state index in [-0.39, 0.29) is 0 Å². The number of fused-ring (bicyclic) bond motifs is 1. The van der Waals surface area contributed by atoms with E-state index >= 15 is 0 Å². The number of nitrogens with two attached hydrogens (primary N) is 1. The van der Waals surface area contributed by atoms with Crippen molar-refractivity contribution >= 4 is 40.5 Å². The largest absolute Gasteiger partial charge is 0.325 e. The van der Waals surface area contributed by atoms with Crippen LogP contribution < -0.4 is 16.2 Å². The first kappa shape index (κ1) is 14.4. The first-order valence-corrected chi connectivity index (χ1v) is 7.54. The zero-order valence-corrected chi connectivity index (χ0v) is 13.1. The SMILES string of the molecule is CC1Cc2ccccc2N(c2nc(NN)c(Cl)cc2Cl)C1. The molecule has 1 aliphatic rings. The monoisotopic (exact) mass is 322 g/mol. The molecular formula is C15H16Cl2N4. The lowest BCUT2D eigenvalue weighted by Crippen LogP contribution is -2.31. The van der Waals surface area contributed by atoms with Gasteiger partial charge in [-0.3, -0.25) is 0 Å². The van der Waals surface area contributed by atoms with E-state index in [9.17, 15) is 0 Å². The van der Waals surface area contributed by atoms with Crippen molar-refractivity contribution in [1.82, 2.24) is 4.98 Å². The van der Waals surface area contributed by atoms with Crippen LogP contribution in [0.5, 0.6) is 0 Å². The molecule has 21 heavy (non-hydrogen) atoms. The normalized spacial score (nSPS) is 17.5. The Morgan fingerprint density at radius 3 is 2.81 bits per heavy atom. The number of rotatable bonds is 2. The fourth-order valence-electron chi connectivity index (χ4n) is 2.74. The molecule has 1 aromatic carbocycles. The highest BCUT2D eigenvalue weighted by Crippen LogP contribution is 2.39. The van der Waals surface area contributed by atoms with Gasteiger partial charge in [0.05, 0.1) is 10.0 Å². The van der Waals surface area contributed by atoms with Gasteiger partial charge in [0.15, 0.2) is 11.6 Å². The number of hydrogen-bond donors (Lipinski definition) is 2. The van der Waals surface area contributed by atoms with E-state index in [0.29, 0.717) is 27.6 Å². The molecule has 2 heterocycles. The Morgan fingerprint density at radius 2 is 2.05 bits per heavy atom. The van der Waals surface area contributed by atoms with Gasteiger partial charge in [0, 0.05) is 12.2 Å². The van der Waals surface area contributed by atoms with Crippen LogP contribution >= 0.6 is 23.2 Å². The number of hydrazine groups is 1. The number of nitrogens with zero attached hydrogens (tertiary/aromatic N) is 2. The van der Waals surface area contributed by atoms with Gasteiger partial charge in [0.25, 0.3) is 0 Å². The minimum atomic E-state index is 0.407. The molecule has 0 saturated heterocycles. The quantitative estimate of drug-likeness (QED) is 0.648. The van der Waals surface area contributed by atoms with E-state index in [2.05, 4.69) is 40.4 Å². The van der Waals surface area contributed by atoms with E-state index in [1.807, 2.05) is 6.07 Å². The molecule has 0 spiro atoms. The third-order valence-electron chi connectivity index (χ3n) is 3.65. The summed E-state index contributed by atoms with van der Waals surface area (Å²) in [7, 11) is 0. The topological polar surface area (TPSA) is 54.2 Å². The molecule has 110 valence electrons. The molecule has 0 aliphatic carbocycles. The zero-order valence-electron chi connectivity index (χ0n) is 11.6. The highest BCUT2D eigenvalue weighted by atomic mass is 35.5. The molecule has 0 bridgehead atoms. The van der Waals surface area contributed by atoms with Crippen LogP contribution in [0.4, 0.5) is 17.3 Å². The molecule has 0 amide bonds. The Labute approximate surface area is 133 Å². The van der Waals surface area contributed by atoms with Crippen molar-refractivity contribution in [1.29, 1.82) is 0 Å². The Morgan fingerprint density at radius 1 is 1.29 bits per heavy atom. The van der Waals surface area contributed by atoms with E-state index in [4.69, 9.17) is 29.0 Å². The second-order valence-electron chi connectivity index (χ2n) is 5.32. The third-order valence-corrected chi connectivity index (χ3v) is 4.21. The van der Waals surface area contributed by atoms with Crippen molar-refractivity contribution in [3.05, 3.63) is 45.9 Å². The van der Waals surface area contributed by atoms with E-state index in [1.54, 1.807) is 6.07 Å². The molecule has 3 rings (SSSR count). The van der Waals surface area contributed by atoms with Crippen molar-refractivity contribution in [3.63, 3.8) is 0 Å². The number of para-hydroxylation sites is 1.